The molecule has 0 saturated carbocycles. The Hall–Kier alpha value is -1.62. The summed E-state index contributed by atoms with van der Waals surface area (Å²) >= 11 is 0. The lowest BCUT2D eigenvalue weighted by molar-refractivity contribution is 0.615. The van der Waals surface area contributed by atoms with Gasteiger partial charge in [0.05, 0.1) is 30.1 Å². The summed E-state index contributed by atoms with van der Waals surface area (Å²) in [6, 6.07) is 0.433. The summed E-state index contributed by atoms with van der Waals surface area (Å²) in [4.78, 5) is 4.24. The van der Waals surface area contributed by atoms with Crippen molar-refractivity contribution in [2.75, 3.05) is 6.54 Å². The molecule has 0 radical (unpaired) electrons. The summed E-state index contributed by atoms with van der Waals surface area (Å²) in [5.74, 6) is 0. The van der Waals surface area contributed by atoms with Crippen molar-refractivity contribution in [1.29, 1.82) is 0 Å². The highest BCUT2D eigenvalue weighted by atomic mass is 15.3. The van der Waals surface area contributed by atoms with E-state index in [1.165, 1.54) is 18.5 Å². The molecule has 1 aliphatic rings. The third-order valence-corrected chi connectivity index (χ3v) is 3.05. The molecule has 0 aromatic carbocycles. The molecule has 0 spiro atoms. The number of nitrogens with one attached hydrogen (secondary N) is 1. The van der Waals surface area contributed by atoms with E-state index in [2.05, 4.69) is 20.0 Å². The van der Waals surface area contributed by atoms with Gasteiger partial charge in [-0.2, -0.15) is 5.10 Å². The zero-order valence-electron chi connectivity index (χ0n) is 9.30. The summed E-state index contributed by atoms with van der Waals surface area (Å²) < 4.78 is 3.91. The van der Waals surface area contributed by atoms with E-state index in [1.54, 1.807) is 4.68 Å². The molecule has 1 saturated heterocycles. The van der Waals surface area contributed by atoms with Crippen LogP contribution in [0, 0.1) is 0 Å². The Balaban J connectivity index is 1.98. The zero-order chi connectivity index (χ0) is 11.0. The van der Waals surface area contributed by atoms with Gasteiger partial charge >= 0.3 is 0 Å². The van der Waals surface area contributed by atoms with E-state index in [-0.39, 0.29) is 0 Å². The number of hydrogen-bond acceptors (Lipinski definition) is 3. The lowest BCUT2D eigenvalue weighted by Gasteiger charge is -2.12. The van der Waals surface area contributed by atoms with Gasteiger partial charge in [-0.25, -0.2) is 4.98 Å². The van der Waals surface area contributed by atoms with E-state index < -0.39 is 0 Å². The molecule has 0 bridgehead atoms. The van der Waals surface area contributed by atoms with E-state index in [1.807, 2.05) is 32.0 Å². The average Bonchev–Trinajstić information content (AvgIpc) is 2.96. The van der Waals surface area contributed by atoms with Gasteiger partial charge in [0.15, 0.2) is 0 Å². The maximum atomic E-state index is 4.24. The highest BCUT2D eigenvalue weighted by Crippen LogP contribution is 2.24. The lowest BCUT2D eigenvalue weighted by atomic mass is 10.2. The Bertz CT molecular complexity index is 478. The molecule has 2 aromatic rings. The molecule has 0 aliphatic carbocycles. The van der Waals surface area contributed by atoms with Crippen LogP contribution < -0.4 is 5.32 Å². The van der Waals surface area contributed by atoms with Crippen LogP contribution in [-0.4, -0.2) is 25.9 Å². The largest absolute Gasteiger partial charge is 0.309 e. The molecule has 1 atom stereocenters. The molecule has 1 N–H and O–H groups in total. The van der Waals surface area contributed by atoms with Crippen LogP contribution in [0.4, 0.5) is 0 Å². The Kier molecular flexibility index (Phi) is 2.25. The normalized spacial score (nSPS) is 20.4. The van der Waals surface area contributed by atoms with Gasteiger partial charge in [-0.05, 0) is 19.4 Å². The van der Waals surface area contributed by atoms with E-state index in [4.69, 9.17) is 0 Å². The smallest absolute Gasteiger partial charge is 0.0995 e. The van der Waals surface area contributed by atoms with Crippen LogP contribution in [0.2, 0.25) is 0 Å². The molecule has 5 nitrogen and oxygen atoms in total. The summed E-state index contributed by atoms with van der Waals surface area (Å²) in [7, 11) is 1.92. The average molecular weight is 217 g/mol. The lowest BCUT2D eigenvalue weighted by Crippen LogP contribution is -2.15. The number of imidazole rings is 1. The van der Waals surface area contributed by atoms with Crippen LogP contribution in [0.1, 0.15) is 24.6 Å². The molecule has 1 aliphatic heterocycles. The van der Waals surface area contributed by atoms with Crippen LogP contribution in [0.3, 0.4) is 0 Å². The first-order valence-corrected chi connectivity index (χ1v) is 5.59. The number of nitrogens with zero attached hydrogens (tertiary/aromatic N) is 4. The van der Waals surface area contributed by atoms with Crippen molar-refractivity contribution in [3.8, 4) is 5.69 Å². The minimum Gasteiger partial charge on any atom is -0.309 e. The fraction of sp³-hybridized carbons (Fsp3) is 0.455. The van der Waals surface area contributed by atoms with Gasteiger partial charge in [0.2, 0.25) is 0 Å². The van der Waals surface area contributed by atoms with Gasteiger partial charge < -0.3 is 5.32 Å². The van der Waals surface area contributed by atoms with Crippen LogP contribution in [0.15, 0.2) is 24.9 Å². The van der Waals surface area contributed by atoms with E-state index >= 15 is 0 Å². The second-order valence-electron chi connectivity index (χ2n) is 4.21. The van der Waals surface area contributed by atoms with Crippen LogP contribution >= 0.6 is 0 Å². The van der Waals surface area contributed by atoms with Crippen molar-refractivity contribution >= 4 is 0 Å². The van der Waals surface area contributed by atoms with Crippen molar-refractivity contribution in [2.45, 2.75) is 18.9 Å². The quantitative estimate of drug-likeness (QED) is 0.817. The molecule has 5 heteroatoms. The minimum absolute atomic E-state index is 0.433. The summed E-state index contributed by atoms with van der Waals surface area (Å²) in [5.41, 5.74) is 2.30. The van der Waals surface area contributed by atoms with Gasteiger partial charge in [-0.3, -0.25) is 9.25 Å². The molecule has 1 fully saturated rings. The fourth-order valence-electron chi connectivity index (χ4n) is 2.25. The molecule has 2 aromatic heterocycles. The summed E-state index contributed by atoms with van der Waals surface area (Å²) in [6.07, 6.45) is 10.1. The van der Waals surface area contributed by atoms with Crippen LogP contribution in [0.25, 0.3) is 5.69 Å². The molecule has 0 unspecified atom stereocenters. The highest BCUT2D eigenvalue weighted by Gasteiger charge is 2.20. The fourth-order valence-corrected chi connectivity index (χ4v) is 2.25. The zero-order valence-corrected chi connectivity index (χ0v) is 9.30. The summed E-state index contributed by atoms with van der Waals surface area (Å²) in [5, 5.41) is 7.68. The first kappa shape index (κ1) is 9.59. The van der Waals surface area contributed by atoms with Crippen molar-refractivity contribution in [3.63, 3.8) is 0 Å². The standard InChI is InChI=1S/C11H15N5/c1-15-7-9(5-14-15)16-8-12-6-11(16)10-3-2-4-13-10/h5-8,10,13H,2-4H2,1H3/t10-/m0/s1. The Labute approximate surface area is 94.1 Å². The van der Waals surface area contributed by atoms with Crippen LogP contribution in [-0.2, 0) is 7.05 Å². The van der Waals surface area contributed by atoms with E-state index in [9.17, 15) is 0 Å². The van der Waals surface area contributed by atoms with Gasteiger partial charge in [0.1, 0.15) is 0 Å². The van der Waals surface area contributed by atoms with Crippen molar-refractivity contribution < 1.29 is 0 Å². The van der Waals surface area contributed by atoms with Crippen molar-refractivity contribution in [3.05, 3.63) is 30.6 Å². The number of aromatic nitrogens is 4. The van der Waals surface area contributed by atoms with Gasteiger partial charge in [-0.15, -0.1) is 0 Å². The Morgan fingerprint density at radius 3 is 3.06 bits per heavy atom. The molecule has 16 heavy (non-hydrogen) atoms. The van der Waals surface area contributed by atoms with Crippen molar-refractivity contribution in [2.24, 2.45) is 7.05 Å². The molecule has 84 valence electrons. The molecule has 3 heterocycles. The third kappa shape index (κ3) is 1.53. The first-order chi connectivity index (χ1) is 7.84. The maximum Gasteiger partial charge on any atom is 0.0995 e. The number of hydrogen-bond donors (Lipinski definition) is 1. The number of rotatable bonds is 2. The monoisotopic (exact) mass is 217 g/mol. The van der Waals surface area contributed by atoms with Crippen molar-refractivity contribution in [1.82, 2.24) is 24.6 Å². The molecule has 3 rings (SSSR count). The predicted octanol–water partition coefficient (Wildman–Crippen LogP) is 1.03. The predicted molar refractivity (Wildman–Crippen MR) is 60.3 cm³/mol. The Morgan fingerprint density at radius 2 is 2.38 bits per heavy atom. The first-order valence-electron chi connectivity index (χ1n) is 5.59. The van der Waals surface area contributed by atoms with E-state index in [0.29, 0.717) is 6.04 Å². The SMILES string of the molecule is Cn1cc(-n2cncc2[C@@H]2CCCN2)cn1. The minimum atomic E-state index is 0.433. The third-order valence-electron chi connectivity index (χ3n) is 3.05. The molecular weight excluding hydrogens is 202 g/mol. The number of aryl methyl sites for hydroxylation is 1. The molecular formula is C11H15N5. The van der Waals surface area contributed by atoms with Gasteiger partial charge in [-0.1, -0.05) is 0 Å². The highest BCUT2D eigenvalue weighted by molar-refractivity contribution is 5.29. The van der Waals surface area contributed by atoms with Gasteiger partial charge in [0.25, 0.3) is 0 Å². The topological polar surface area (TPSA) is 47.7 Å². The van der Waals surface area contributed by atoms with E-state index in [0.717, 1.165) is 12.2 Å². The molecule has 0 amide bonds. The Morgan fingerprint density at radius 1 is 1.44 bits per heavy atom. The second-order valence-corrected chi connectivity index (χ2v) is 4.21. The summed E-state index contributed by atoms with van der Waals surface area (Å²) in [6.45, 7) is 1.10. The van der Waals surface area contributed by atoms with Crippen LogP contribution in [0.5, 0.6) is 0 Å². The van der Waals surface area contributed by atoms with Gasteiger partial charge in [0, 0.05) is 19.3 Å². The second kappa shape index (κ2) is 3.75. The maximum absolute atomic E-state index is 4.24.